The summed E-state index contributed by atoms with van der Waals surface area (Å²) in [5.41, 5.74) is -0.0529. The largest absolute Gasteiger partial charge is 0.369 e. The van der Waals surface area contributed by atoms with Gasteiger partial charge in [0.05, 0.1) is 6.10 Å². The lowest BCUT2D eigenvalue weighted by Crippen LogP contribution is -2.53. The molecule has 0 spiro atoms. The maximum Gasteiger partial charge on any atom is 0.246 e. The summed E-state index contributed by atoms with van der Waals surface area (Å²) in [4.78, 5) is 11.6. The van der Waals surface area contributed by atoms with Crippen molar-refractivity contribution < 1.29 is 9.53 Å². The van der Waals surface area contributed by atoms with Crippen LogP contribution in [0.5, 0.6) is 0 Å². The Balaban J connectivity index is 0.00000225. The average Bonchev–Trinajstić information content (AvgIpc) is 2.15. The first-order chi connectivity index (χ1) is 7.02. The lowest BCUT2D eigenvalue weighted by atomic mass is 9.90. The first-order valence-electron chi connectivity index (χ1n) is 5.65. The minimum Gasteiger partial charge on any atom is -0.369 e. The van der Waals surface area contributed by atoms with E-state index in [0.29, 0.717) is 0 Å². The molecule has 5 heteroatoms. The highest BCUT2D eigenvalue weighted by atomic mass is 35.5. The Hall–Kier alpha value is -0.320. The maximum atomic E-state index is 11.6. The van der Waals surface area contributed by atoms with Crippen molar-refractivity contribution in [1.29, 1.82) is 0 Å². The zero-order chi connectivity index (χ0) is 11.3. The molecule has 1 aliphatic heterocycles. The highest BCUT2D eigenvalue weighted by Crippen LogP contribution is 2.16. The van der Waals surface area contributed by atoms with Gasteiger partial charge in [-0.15, -0.1) is 12.4 Å². The molecule has 1 saturated heterocycles. The van der Waals surface area contributed by atoms with Crippen LogP contribution in [-0.4, -0.2) is 37.2 Å². The summed E-state index contributed by atoms with van der Waals surface area (Å²) in [5.74, 6) is -0.00639. The Labute approximate surface area is 104 Å². The second-order valence-corrected chi connectivity index (χ2v) is 4.72. The van der Waals surface area contributed by atoms with Crippen molar-refractivity contribution >= 4 is 18.3 Å². The van der Waals surface area contributed by atoms with E-state index in [1.165, 1.54) is 0 Å². The van der Waals surface area contributed by atoms with E-state index < -0.39 is 0 Å². The lowest BCUT2D eigenvalue weighted by molar-refractivity contribution is -0.129. The van der Waals surface area contributed by atoms with Crippen LogP contribution in [0.4, 0.5) is 0 Å². The van der Waals surface area contributed by atoms with Gasteiger partial charge in [-0.1, -0.05) is 0 Å². The monoisotopic (exact) mass is 250 g/mol. The second-order valence-electron chi connectivity index (χ2n) is 4.72. The van der Waals surface area contributed by atoms with Crippen LogP contribution in [0.25, 0.3) is 0 Å². The van der Waals surface area contributed by atoms with Crippen LogP contribution in [0.15, 0.2) is 0 Å². The number of carbonyl (C=O) groups is 1. The van der Waals surface area contributed by atoms with Crippen LogP contribution < -0.4 is 10.6 Å². The Morgan fingerprint density at radius 3 is 2.50 bits per heavy atom. The molecule has 0 atom stereocenters. The van der Waals surface area contributed by atoms with Crippen molar-refractivity contribution in [2.45, 2.75) is 45.3 Å². The minimum atomic E-state index is -0.0529. The topological polar surface area (TPSA) is 50.4 Å². The number of hydrogen-bond donors (Lipinski definition) is 2. The van der Waals surface area contributed by atoms with Crippen molar-refractivity contribution in [3.8, 4) is 0 Å². The van der Waals surface area contributed by atoms with Crippen LogP contribution in [0.3, 0.4) is 0 Å². The van der Waals surface area contributed by atoms with Crippen molar-refractivity contribution in [2.24, 2.45) is 0 Å². The van der Waals surface area contributed by atoms with Gasteiger partial charge < -0.3 is 15.4 Å². The summed E-state index contributed by atoms with van der Waals surface area (Å²) in [7, 11) is 0. The molecule has 96 valence electrons. The van der Waals surface area contributed by atoms with Crippen molar-refractivity contribution in [3.05, 3.63) is 0 Å². The highest BCUT2D eigenvalue weighted by Gasteiger charge is 2.28. The number of piperidine rings is 1. The van der Waals surface area contributed by atoms with E-state index in [9.17, 15) is 4.79 Å². The fourth-order valence-electron chi connectivity index (χ4n) is 1.72. The van der Waals surface area contributed by atoms with Gasteiger partial charge in [0.25, 0.3) is 0 Å². The molecule has 0 aliphatic carbocycles. The zero-order valence-electron chi connectivity index (χ0n) is 10.3. The predicted octanol–water partition coefficient (Wildman–Crippen LogP) is 1.09. The Morgan fingerprint density at radius 1 is 1.44 bits per heavy atom. The average molecular weight is 251 g/mol. The fourth-order valence-corrected chi connectivity index (χ4v) is 1.72. The molecular formula is C11H23ClN2O2. The summed E-state index contributed by atoms with van der Waals surface area (Å²) in [5, 5.41) is 6.33. The van der Waals surface area contributed by atoms with Crippen molar-refractivity contribution in [3.63, 3.8) is 0 Å². The fraction of sp³-hybridized carbons (Fsp3) is 0.909. The summed E-state index contributed by atoms with van der Waals surface area (Å²) in [6.07, 6.45) is 2.08. The molecule has 1 rings (SSSR count). The van der Waals surface area contributed by atoms with E-state index >= 15 is 0 Å². The molecule has 0 aromatic heterocycles. The first-order valence-corrected chi connectivity index (χ1v) is 5.65. The number of carbonyl (C=O) groups excluding carboxylic acids is 1. The number of hydrogen-bond acceptors (Lipinski definition) is 3. The van der Waals surface area contributed by atoms with Gasteiger partial charge in [0.15, 0.2) is 0 Å². The van der Waals surface area contributed by atoms with Gasteiger partial charge in [0.2, 0.25) is 5.91 Å². The number of rotatable bonds is 4. The molecule has 1 heterocycles. The van der Waals surface area contributed by atoms with E-state index in [4.69, 9.17) is 4.74 Å². The van der Waals surface area contributed by atoms with Gasteiger partial charge in [-0.05, 0) is 46.7 Å². The van der Waals surface area contributed by atoms with Crippen molar-refractivity contribution in [2.75, 3.05) is 19.7 Å². The van der Waals surface area contributed by atoms with Crippen LogP contribution in [0.2, 0.25) is 0 Å². The molecule has 1 aliphatic rings. The Kier molecular flexibility index (Phi) is 6.95. The van der Waals surface area contributed by atoms with E-state index in [2.05, 4.69) is 17.6 Å². The van der Waals surface area contributed by atoms with Gasteiger partial charge in [-0.2, -0.15) is 0 Å². The SMILES string of the molecule is CC(C)OCC(=O)NC1(C)CCNCC1.Cl. The molecule has 0 radical (unpaired) electrons. The highest BCUT2D eigenvalue weighted by molar-refractivity contribution is 5.85. The maximum absolute atomic E-state index is 11.6. The number of nitrogens with one attached hydrogen (secondary N) is 2. The van der Waals surface area contributed by atoms with Crippen molar-refractivity contribution in [1.82, 2.24) is 10.6 Å². The quantitative estimate of drug-likeness (QED) is 0.786. The smallest absolute Gasteiger partial charge is 0.246 e. The Morgan fingerprint density at radius 2 is 2.00 bits per heavy atom. The molecule has 4 nitrogen and oxygen atoms in total. The zero-order valence-corrected chi connectivity index (χ0v) is 11.2. The molecule has 0 saturated carbocycles. The number of ether oxygens (including phenoxy) is 1. The normalized spacial score (nSPS) is 19.0. The molecule has 0 bridgehead atoms. The standard InChI is InChI=1S/C11H22N2O2.ClH/c1-9(2)15-8-10(14)13-11(3)4-6-12-7-5-11;/h9,12H,4-8H2,1-3H3,(H,13,14);1H. The lowest BCUT2D eigenvalue weighted by Gasteiger charge is -2.35. The molecule has 0 unspecified atom stereocenters. The third-order valence-electron chi connectivity index (χ3n) is 2.70. The van der Waals surface area contributed by atoms with Crippen LogP contribution in [-0.2, 0) is 9.53 Å². The summed E-state index contributed by atoms with van der Waals surface area (Å²) in [6, 6.07) is 0. The van der Waals surface area contributed by atoms with Gasteiger partial charge in [0, 0.05) is 5.54 Å². The third-order valence-corrected chi connectivity index (χ3v) is 2.70. The van der Waals surface area contributed by atoms with Gasteiger partial charge in [-0.25, -0.2) is 0 Å². The summed E-state index contributed by atoms with van der Waals surface area (Å²) in [6.45, 7) is 8.07. The Bertz CT molecular complexity index is 216. The summed E-state index contributed by atoms with van der Waals surface area (Å²) >= 11 is 0. The molecular weight excluding hydrogens is 228 g/mol. The van der Waals surface area contributed by atoms with Crippen LogP contribution >= 0.6 is 12.4 Å². The van der Waals surface area contributed by atoms with Crippen LogP contribution in [0.1, 0.15) is 33.6 Å². The second kappa shape index (κ2) is 7.09. The molecule has 16 heavy (non-hydrogen) atoms. The predicted molar refractivity (Wildman–Crippen MR) is 67.0 cm³/mol. The molecule has 2 N–H and O–H groups in total. The molecule has 1 amide bonds. The van der Waals surface area contributed by atoms with E-state index in [1.807, 2.05) is 13.8 Å². The number of amides is 1. The number of halogens is 1. The third kappa shape index (κ3) is 5.68. The van der Waals surface area contributed by atoms with Crippen LogP contribution in [0, 0.1) is 0 Å². The molecule has 1 fully saturated rings. The molecule has 0 aromatic rings. The van der Waals surface area contributed by atoms with E-state index in [0.717, 1.165) is 25.9 Å². The van der Waals surface area contributed by atoms with E-state index in [-0.39, 0.29) is 36.6 Å². The molecule has 0 aromatic carbocycles. The van der Waals surface area contributed by atoms with Gasteiger partial charge >= 0.3 is 0 Å². The minimum absolute atomic E-state index is 0. The van der Waals surface area contributed by atoms with E-state index in [1.54, 1.807) is 0 Å². The summed E-state index contributed by atoms with van der Waals surface area (Å²) < 4.78 is 5.26. The first kappa shape index (κ1) is 15.7. The van der Waals surface area contributed by atoms with Gasteiger partial charge in [0.1, 0.15) is 6.61 Å². The van der Waals surface area contributed by atoms with Gasteiger partial charge in [-0.3, -0.25) is 4.79 Å².